The Kier molecular flexibility index (Phi) is 7.59. The molecular formula is C30H39N5O2. The Hall–Kier alpha value is -3.40. The lowest BCUT2D eigenvalue weighted by Gasteiger charge is -2.52. The molecule has 1 saturated carbocycles. The second-order valence-corrected chi connectivity index (χ2v) is 12.2. The van der Waals surface area contributed by atoms with Crippen molar-refractivity contribution in [2.75, 3.05) is 11.4 Å². The van der Waals surface area contributed by atoms with Crippen LogP contribution in [0.3, 0.4) is 0 Å². The van der Waals surface area contributed by atoms with Gasteiger partial charge in [-0.2, -0.15) is 5.26 Å². The van der Waals surface area contributed by atoms with E-state index < -0.39 is 17.5 Å². The first-order valence-electron chi connectivity index (χ1n) is 13.3. The minimum Gasteiger partial charge on any atom is -0.351 e. The van der Waals surface area contributed by atoms with Gasteiger partial charge in [0.25, 0.3) is 5.91 Å². The van der Waals surface area contributed by atoms with Crippen molar-refractivity contribution in [3.8, 4) is 6.19 Å². The van der Waals surface area contributed by atoms with Crippen molar-refractivity contribution in [2.45, 2.75) is 90.3 Å². The van der Waals surface area contributed by atoms with Gasteiger partial charge in [-0.1, -0.05) is 72.1 Å². The molecule has 2 aliphatic rings. The first kappa shape index (κ1) is 26.7. The molecule has 2 amide bonds. The molecule has 2 aromatic rings. The molecule has 1 aliphatic heterocycles. The van der Waals surface area contributed by atoms with E-state index in [1.807, 2.05) is 44.2 Å². The van der Waals surface area contributed by atoms with Gasteiger partial charge in [-0.15, -0.1) is 0 Å². The number of aromatic nitrogens is 1. The number of benzene rings is 1. The molecule has 1 aromatic carbocycles. The summed E-state index contributed by atoms with van der Waals surface area (Å²) in [5.41, 5.74) is 1.96. The summed E-state index contributed by atoms with van der Waals surface area (Å²) in [6.07, 6.45) is 10.7. The Labute approximate surface area is 220 Å². The summed E-state index contributed by atoms with van der Waals surface area (Å²) in [5, 5.41) is 13.0. The van der Waals surface area contributed by atoms with E-state index in [9.17, 15) is 14.9 Å². The van der Waals surface area contributed by atoms with E-state index in [2.05, 4.69) is 37.3 Å². The average molecular weight is 502 g/mol. The predicted molar refractivity (Wildman–Crippen MR) is 145 cm³/mol. The number of rotatable bonds is 6. The van der Waals surface area contributed by atoms with Crippen molar-refractivity contribution < 1.29 is 9.59 Å². The molecule has 1 saturated heterocycles. The summed E-state index contributed by atoms with van der Waals surface area (Å²) in [6, 6.07) is 10.0. The lowest BCUT2D eigenvalue weighted by atomic mass is 9.74. The summed E-state index contributed by atoms with van der Waals surface area (Å²) >= 11 is 0. The third-order valence-electron chi connectivity index (χ3n) is 7.70. The SMILES string of the molecule is CC(C)(C)c1ccc(N(C(=O)[C@H]2N(C#N)CC2(C)C)C(C(=O)NC2CCCCC2)c2cccnc2)cc1. The highest BCUT2D eigenvalue weighted by atomic mass is 16.2. The number of nitrogens with one attached hydrogen (secondary N) is 1. The number of carbonyl (C=O) groups is 2. The van der Waals surface area contributed by atoms with E-state index in [-0.39, 0.29) is 23.3 Å². The Bertz CT molecular complexity index is 1140. The molecule has 2 atom stereocenters. The van der Waals surface area contributed by atoms with E-state index in [4.69, 9.17) is 0 Å². The Morgan fingerprint density at radius 1 is 1.14 bits per heavy atom. The van der Waals surface area contributed by atoms with Crippen LogP contribution in [0.1, 0.15) is 83.9 Å². The fraction of sp³-hybridized carbons (Fsp3) is 0.533. The van der Waals surface area contributed by atoms with Crippen LogP contribution in [0.15, 0.2) is 48.8 Å². The molecule has 2 fully saturated rings. The number of nitrogens with zero attached hydrogens (tertiary/aromatic N) is 4. The summed E-state index contributed by atoms with van der Waals surface area (Å²) in [7, 11) is 0. The van der Waals surface area contributed by atoms with Crippen molar-refractivity contribution in [1.29, 1.82) is 5.26 Å². The van der Waals surface area contributed by atoms with Gasteiger partial charge >= 0.3 is 0 Å². The zero-order valence-corrected chi connectivity index (χ0v) is 22.7. The fourth-order valence-corrected chi connectivity index (χ4v) is 5.63. The number of hydrogen-bond acceptors (Lipinski definition) is 5. The number of anilines is 1. The molecule has 1 unspecified atom stereocenters. The standard InChI is InChI=1S/C30H39N5O2/c1-29(2,3)22-13-15-24(16-14-22)35(28(37)26-30(4,5)19-34(26)20-31)25(21-10-9-17-32-18-21)27(36)33-23-11-7-6-8-12-23/h9-10,13-18,23,25-26H,6-8,11-12,19H2,1-5H3,(H,33,36)/t25?,26-/m1/s1. The van der Waals surface area contributed by atoms with Gasteiger partial charge in [0, 0.05) is 41.6 Å². The van der Waals surface area contributed by atoms with Crippen LogP contribution in [0.5, 0.6) is 0 Å². The Morgan fingerprint density at radius 2 is 1.81 bits per heavy atom. The lowest BCUT2D eigenvalue weighted by Crippen LogP contribution is -2.67. The average Bonchev–Trinajstić information content (AvgIpc) is 2.86. The lowest BCUT2D eigenvalue weighted by molar-refractivity contribution is -0.138. The predicted octanol–water partition coefficient (Wildman–Crippen LogP) is 5.09. The van der Waals surface area contributed by atoms with Crippen molar-refractivity contribution in [3.63, 3.8) is 0 Å². The second-order valence-electron chi connectivity index (χ2n) is 12.2. The maximum atomic E-state index is 14.3. The molecule has 1 aromatic heterocycles. The van der Waals surface area contributed by atoms with Crippen LogP contribution in [0.25, 0.3) is 0 Å². The first-order chi connectivity index (χ1) is 17.5. The number of amides is 2. The van der Waals surface area contributed by atoms with Crippen LogP contribution in [-0.2, 0) is 15.0 Å². The van der Waals surface area contributed by atoms with E-state index >= 15 is 0 Å². The maximum absolute atomic E-state index is 14.3. The zero-order chi connectivity index (χ0) is 26.8. The van der Waals surface area contributed by atoms with Crippen molar-refractivity contribution in [2.24, 2.45) is 5.41 Å². The summed E-state index contributed by atoms with van der Waals surface area (Å²) < 4.78 is 0. The van der Waals surface area contributed by atoms with Crippen LogP contribution in [0.2, 0.25) is 0 Å². The highest BCUT2D eigenvalue weighted by Gasteiger charge is 2.53. The molecule has 0 bridgehead atoms. The van der Waals surface area contributed by atoms with E-state index in [1.165, 1.54) is 11.3 Å². The van der Waals surface area contributed by atoms with E-state index in [0.717, 1.165) is 31.2 Å². The highest BCUT2D eigenvalue weighted by Crippen LogP contribution is 2.40. The van der Waals surface area contributed by atoms with E-state index in [0.29, 0.717) is 17.8 Å². The minimum atomic E-state index is -0.902. The van der Waals surface area contributed by atoms with E-state index in [1.54, 1.807) is 23.4 Å². The molecule has 7 heteroatoms. The van der Waals surface area contributed by atoms with Gasteiger partial charge in [0.15, 0.2) is 6.19 Å². The van der Waals surface area contributed by atoms with Gasteiger partial charge in [-0.3, -0.25) is 24.4 Å². The number of likely N-dealkylation sites (tertiary alicyclic amines) is 1. The molecular weight excluding hydrogens is 462 g/mol. The summed E-state index contributed by atoms with van der Waals surface area (Å²) in [4.78, 5) is 35.7. The Morgan fingerprint density at radius 3 is 2.35 bits per heavy atom. The topological polar surface area (TPSA) is 89.3 Å². The largest absolute Gasteiger partial charge is 0.351 e. The van der Waals surface area contributed by atoms with Crippen LogP contribution < -0.4 is 10.2 Å². The van der Waals surface area contributed by atoms with Gasteiger partial charge in [-0.25, -0.2) is 0 Å². The smallest absolute Gasteiger partial charge is 0.252 e. The third-order valence-corrected chi connectivity index (χ3v) is 7.70. The maximum Gasteiger partial charge on any atom is 0.252 e. The molecule has 0 spiro atoms. The van der Waals surface area contributed by atoms with Crippen LogP contribution >= 0.6 is 0 Å². The normalized spacial score (nSPS) is 20.3. The van der Waals surface area contributed by atoms with Gasteiger partial charge in [0.05, 0.1) is 0 Å². The molecule has 37 heavy (non-hydrogen) atoms. The van der Waals surface area contributed by atoms with Gasteiger partial charge < -0.3 is 5.32 Å². The molecule has 2 heterocycles. The molecule has 4 rings (SSSR count). The number of nitriles is 1. The second kappa shape index (κ2) is 10.5. The number of pyridine rings is 1. The molecule has 1 N–H and O–H groups in total. The molecule has 1 aliphatic carbocycles. The van der Waals surface area contributed by atoms with Gasteiger partial charge in [0.2, 0.25) is 5.91 Å². The van der Waals surface area contributed by atoms with Crippen molar-refractivity contribution >= 4 is 17.5 Å². The summed E-state index contributed by atoms with van der Waals surface area (Å²) in [6.45, 7) is 10.9. The third kappa shape index (κ3) is 5.64. The van der Waals surface area contributed by atoms with Crippen LogP contribution in [0.4, 0.5) is 5.69 Å². The molecule has 0 radical (unpaired) electrons. The molecule has 7 nitrogen and oxygen atoms in total. The zero-order valence-electron chi connectivity index (χ0n) is 22.7. The molecule has 196 valence electrons. The quantitative estimate of drug-likeness (QED) is 0.557. The highest BCUT2D eigenvalue weighted by molar-refractivity contribution is 6.04. The summed E-state index contributed by atoms with van der Waals surface area (Å²) in [5.74, 6) is -0.470. The fourth-order valence-electron chi connectivity index (χ4n) is 5.63. The Balaban J connectivity index is 1.80. The number of hydrogen-bond donors (Lipinski definition) is 1. The van der Waals surface area contributed by atoms with Gasteiger partial charge in [0.1, 0.15) is 12.1 Å². The minimum absolute atomic E-state index is 0.0535. The monoisotopic (exact) mass is 501 g/mol. The van der Waals surface area contributed by atoms with Crippen LogP contribution in [0, 0.1) is 16.9 Å². The first-order valence-corrected chi connectivity index (χ1v) is 13.3. The number of carbonyl (C=O) groups excluding carboxylic acids is 2. The van der Waals surface area contributed by atoms with Gasteiger partial charge in [-0.05, 0) is 42.0 Å². The van der Waals surface area contributed by atoms with Crippen molar-refractivity contribution in [3.05, 3.63) is 59.9 Å². The van der Waals surface area contributed by atoms with Crippen LogP contribution in [-0.4, -0.2) is 40.3 Å². The van der Waals surface area contributed by atoms with Crippen molar-refractivity contribution in [1.82, 2.24) is 15.2 Å².